The van der Waals surface area contributed by atoms with Crippen molar-refractivity contribution in [1.29, 1.82) is 0 Å². The molecule has 0 heterocycles. The van der Waals surface area contributed by atoms with E-state index in [0.717, 1.165) is 31.2 Å². The Morgan fingerprint density at radius 2 is 1.60 bits per heavy atom. The van der Waals surface area contributed by atoms with E-state index in [1.54, 1.807) is 12.1 Å². The standard InChI is InChI=1S/C23H25F2NO4/c24-23(25)30-19-12-10-18(11-13-19)22(17-8-2-1-3-9-17)26-20(27)15-29-21(28)14-16-6-4-5-7-16/h1-3,8-13,16,22-23H,4-7,14-15H2,(H,26,27)/t22-/m0/s1. The van der Waals surface area contributed by atoms with E-state index in [4.69, 9.17) is 4.74 Å². The van der Waals surface area contributed by atoms with E-state index in [1.165, 1.54) is 12.1 Å². The molecule has 1 aliphatic carbocycles. The van der Waals surface area contributed by atoms with Crippen LogP contribution in [0.25, 0.3) is 0 Å². The largest absolute Gasteiger partial charge is 0.456 e. The highest BCUT2D eigenvalue weighted by atomic mass is 19.3. The lowest BCUT2D eigenvalue weighted by Gasteiger charge is -2.20. The van der Waals surface area contributed by atoms with E-state index >= 15 is 0 Å². The second-order valence-corrected chi connectivity index (χ2v) is 7.37. The molecule has 1 amide bonds. The Kier molecular flexibility index (Phi) is 7.76. The van der Waals surface area contributed by atoms with Gasteiger partial charge in [0.1, 0.15) is 5.75 Å². The van der Waals surface area contributed by atoms with Gasteiger partial charge in [0.05, 0.1) is 6.04 Å². The van der Waals surface area contributed by atoms with E-state index in [-0.39, 0.29) is 18.3 Å². The minimum absolute atomic E-state index is 0.0349. The van der Waals surface area contributed by atoms with Gasteiger partial charge in [0, 0.05) is 6.42 Å². The van der Waals surface area contributed by atoms with E-state index in [1.807, 2.05) is 30.3 Å². The van der Waals surface area contributed by atoms with Crippen LogP contribution in [0.5, 0.6) is 5.75 Å². The number of halogens is 2. The van der Waals surface area contributed by atoms with E-state index < -0.39 is 18.6 Å². The normalized spacial score (nSPS) is 15.0. The maximum atomic E-state index is 12.4. The molecule has 0 aliphatic heterocycles. The van der Waals surface area contributed by atoms with Crippen molar-refractivity contribution in [2.24, 2.45) is 5.92 Å². The highest BCUT2D eigenvalue weighted by Crippen LogP contribution is 2.28. The summed E-state index contributed by atoms with van der Waals surface area (Å²) in [7, 11) is 0. The summed E-state index contributed by atoms with van der Waals surface area (Å²) in [5.74, 6) is -0.405. The first kappa shape index (κ1) is 21.7. The third-order valence-corrected chi connectivity index (χ3v) is 5.17. The molecule has 1 atom stereocenters. The lowest BCUT2D eigenvalue weighted by molar-refractivity contribution is -0.149. The first-order valence-corrected chi connectivity index (χ1v) is 10.1. The molecule has 0 saturated heterocycles. The van der Waals surface area contributed by atoms with Crippen LogP contribution in [0.2, 0.25) is 0 Å². The van der Waals surface area contributed by atoms with Crippen molar-refractivity contribution in [3.05, 3.63) is 65.7 Å². The van der Waals surface area contributed by atoms with E-state index in [9.17, 15) is 18.4 Å². The summed E-state index contributed by atoms with van der Waals surface area (Å²) in [6.07, 6.45) is 4.68. The van der Waals surface area contributed by atoms with Crippen LogP contribution in [-0.2, 0) is 14.3 Å². The van der Waals surface area contributed by atoms with Crippen LogP contribution in [0, 0.1) is 5.92 Å². The summed E-state index contributed by atoms with van der Waals surface area (Å²) in [5.41, 5.74) is 1.50. The van der Waals surface area contributed by atoms with Gasteiger partial charge < -0.3 is 14.8 Å². The summed E-state index contributed by atoms with van der Waals surface area (Å²) in [6, 6.07) is 14.8. The number of amides is 1. The number of esters is 1. The van der Waals surface area contributed by atoms with Crippen molar-refractivity contribution < 1.29 is 27.8 Å². The van der Waals surface area contributed by atoms with Crippen molar-refractivity contribution in [3.8, 4) is 5.75 Å². The maximum absolute atomic E-state index is 12.4. The number of ether oxygens (including phenoxy) is 2. The molecule has 2 aromatic rings. The molecule has 2 aromatic carbocycles. The summed E-state index contributed by atoms with van der Waals surface area (Å²) < 4.78 is 34.3. The Labute approximate surface area is 174 Å². The molecule has 1 N–H and O–H groups in total. The molecule has 30 heavy (non-hydrogen) atoms. The Hall–Kier alpha value is -2.96. The topological polar surface area (TPSA) is 64.6 Å². The molecular weight excluding hydrogens is 392 g/mol. The molecule has 0 unspecified atom stereocenters. The first-order chi connectivity index (χ1) is 14.5. The smallest absolute Gasteiger partial charge is 0.387 e. The summed E-state index contributed by atoms with van der Waals surface area (Å²) in [5, 5.41) is 2.85. The van der Waals surface area contributed by atoms with Crippen LogP contribution in [0.1, 0.15) is 49.3 Å². The van der Waals surface area contributed by atoms with Crippen molar-refractivity contribution in [2.75, 3.05) is 6.61 Å². The van der Waals surface area contributed by atoms with Crippen LogP contribution < -0.4 is 10.1 Å². The molecule has 1 fully saturated rings. The summed E-state index contributed by atoms with van der Waals surface area (Å²) >= 11 is 0. The molecule has 7 heteroatoms. The molecule has 0 bridgehead atoms. The molecular formula is C23H25F2NO4. The SMILES string of the molecule is O=C(COC(=O)CC1CCCC1)N[C@@H](c1ccccc1)c1ccc(OC(F)F)cc1. The number of hydrogen-bond donors (Lipinski definition) is 1. The Morgan fingerprint density at radius 1 is 0.967 bits per heavy atom. The van der Waals surface area contributed by atoms with Gasteiger partial charge in [0.15, 0.2) is 6.61 Å². The van der Waals surface area contributed by atoms with Crippen molar-refractivity contribution in [3.63, 3.8) is 0 Å². The molecule has 160 valence electrons. The van der Waals surface area contributed by atoms with E-state index in [2.05, 4.69) is 10.1 Å². The van der Waals surface area contributed by atoms with Gasteiger partial charge in [-0.1, -0.05) is 55.3 Å². The monoisotopic (exact) mass is 417 g/mol. The predicted molar refractivity (Wildman–Crippen MR) is 107 cm³/mol. The third-order valence-electron chi connectivity index (χ3n) is 5.17. The van der Waals surface area contributed by atoms with Gasteiger partial charge in [0.2, 0.25) is 0 Å². The third kappa shape index (κ3) is 6.54. The summed E-state index contributed by atoms with van der Waals surface area (Å²) in [4.78, 5) is 24.4. The van der Waals surface area contributed by atoms with Gasteiger partial charge in [-0.05, 0) is 42.0 Å². The molecule has 1 aliphatic rings. The number of hydrogen-bond acceptors (Lipinski definition) is 4. The molecule has 0 aromatic heterocycles. The number of carbonyl (C=O) groups excluding carboxylic acids is 2. The van der Waals surface area contributed by atoms with E-state index in [0.29, 0.717) is 17.9 Å². The quantitative estimate of drug-likeness (QED) is 0.605. The molecule has 3 rings (SSSR count). The fourth-order valence-corrected chi connectivity index (χ4v) is 3.70. The van der Waals surface area contributed by atoms with Gasteiger partial charge in [0.25, 0.3) is 5.91 Å². The minimum Gasteiger partial charge on any atom is -0.456 e. The zero-order chi connectivity index (χ0) is 21.3. The highest BCUT2D eigenvalue weighted by Gasteiger charge is 2.21. The van der Waals surface area contributed by atoms with Crippen LogP contribution in [0.4, 0.5) is 8.78 Å². The molecule has 5 nitrogen and oxygen atoms in total. The first-order valence-electron chi connectivity index (χ1n) is 10.1. The van der Waals surface area contributed by atoms with Crippen molar-refractivity contribution >= 4 is 11.9 Å². The maximum Gasteiger partial charge on any atom is 0.387 e. The zero-order valence-corrected chi connectivity index (χ0v) is 16.6. The average Bonchev–Trinajstić information content (AvgIpc) is 3.24. The predicted octanol–water partition coefficient (Wildman–Crippen LogP) is 4.62. The molecule has 0 spiro atoms. The number of nitrogens with one attached hydrogen (secondary N) is 1. The van der Waals surface area contributed by atoms with Crippen LogP contribution in [0.3, 0.4) is 0 Å². The Balaban J connectivity index is 1.62. The van der Waals surface area contributed by atoms with Crippen molar-refractivity contribution in [2.45, 2.75) is 44.8 Å². The number of carbonyl (C=O) groups is 2. The fourth-order valence-electron chi connectivity index (χ4n) is 3.70. The fraction of sp³-hybridized carbons (Fsp3) is 0.391. The van der Waals surface area contributed by atoms with Crippen LogP contribution >= 0.6 is 0 Å². The lowest BCUT2D eigenvalue weighted by atomic mass is 9.98. The number of rotatable bonds is 9. The summed E-state index contributed by atoms with van der Waals surface area (Å²) in [6.45, 7) is -3.26. The average molecular weight is 417 g/mol. The van der Waals surface area contributed by atoms with Gasteiger partial charge in [-0.3, -0.25) is 9.59 Å². The van der Waals surface area contributed by atoms with Crippen molar-refractivity contribution in [1.82, 2.24) is 5.32 Å². The zero-order valence-electron chi connectivity index (χ0n) is 16.6. The van der Waals surface area contributed by atoms with Gasteiger partial charge in [-0.15, -0.1) is 0 Å². The van der Waals surface area contributed by atoms with Crippen LogP contribution in [-0.4, -0.2) is 25.1 Å². The lowest BCUT2D eigenvalue weighted by Crippen LogP contribution is -2.33. The van der Waals surface area contributed by atoms with Gasteiger partial charge in [-0.25, -0.2) is 0 Å². The van der Waals surface area contributed by atoms with Crippen LogP contribution in [0.15, 0.2) is 54.6 Å². The highest BCUT2D eigenvalue weighted by molar-refractivity contribution is 5.81. The molecule has 0 radical (unpaired) electrons. The number of alkyl halides is 2. The number of benzene rings is 2. The minimum atomic E-state index is -2.90. The second kappa shape index (κ2) is 10.7. The van der Waals surface area contributed by atoms with Gasteiger partial charge >= 0.3 is 12.6 Å². The van der Waals surface area contributed by atoms with Gasteiger partial charge in [-0.2, -0.15) is 8.78 Å². The Morgan fingerprint density at radius 3 is 2.23 bits per heavy atom. The Bertz CT molecular complexity index is 821. The second-order valence-electron chi connectivity index (χ2n) is 7.37. The molecule has 1 saturated carbocycles.